The number of ether oxygens (including phenoxy) is 2. The van der Waals surface area contributed by atoms with Crippen LogP contribution < -0.4 is 4.90 Å². The van der Waals surface area contributed by atoms with E-state index in [-0.39, 0.29) is 12.1 Å². The second-order valence-corrected chi connectivity index (χ2v) is 8.40. The van der Waals surface area contributed by atoms with Gasteiger partial charge in [-0.1, -0.05) is 0 Å². The highest BCUT2D eigenvalue weighted by atomic mass is 16.6. The van der Waals surface area contributed by atoms with Gasteiger partial charge in [-0.2, -0.15) is 5.10 Å². The van der Waals surface area contributed by atoms with Gasteiger partial charge in [-0.05, 0) is 58.7 Å². The van der Waals surface area contributed by atoms with Crippen molar-refractivity contribution in [1.82, 2.24) is 15.1 Å². The first-order valence-electron chi connectivity index (χ1n) is 10.3. The lowest BCUT2D eigenvalue weighted by Gasteiger charge is -2.39. The molecule has 0 unspecified atom stereocenters. The highest BCUT2D eigenvalue weighted by molar-refractivity contribution is 6.06. The van der Waals surface area contributed by atoms with Crippen molar-refractivity contribution in [3.63, 3.8) is 0 Å². The van der Waals surface area contributed by atoms with Crippen molar-refractivity contribution < 1.29 is 19.1 Å². The fraction of sp³-hybridized carbons (Fsp3) is 0.545. The molecule has 0 spiro atoms. The molecule has 0 N–H and O–H groups in total. The number of carbonyl (C=O) groups excluding carboxylic acids is 2. The lowest BCUT2D eigenvalue weighted by molar-refractivity contribution is 0.0149. The minimum absolute atomic E-state index is 0.140. The first-order chi connectivity index (χ1) is 14.2. The average molecular weight is 415 g/mol. The van der Waals surface area contributed by atoms with Crippen LogP contribution in [-0.2, 0) is 9.47 Å². The van der Waals surface area contributed by atoms with E-state index < -0.39 is 11.6 Å². The van der Waals surface area contributed by atoms with E-state index in [0.29, 0.717) is 17.6 Å². The average Bonchev–Trinajstić information content (AvgIpc) is 2.72. The van der Waals surface area contributed by atoms with Gasteiger partial charge >= 0.3 is 12.1 Å². The van der Waals surface area contributed by atoms with Gasteiger partial charge in [0.2, 0.25) is 0 Å². The number of aromatic nitrogens is 2. The fourth-order valence-corrected chi connectivity index (χ4v) is 3.89. The van der Waals surface area contributed by atoms with E-state index in [1.807, 2.05) is 44.7 Å². The molecule has 2 heterocycles. The van der Waals surface area contributed by atoms with Gasteiger partial charge in [-0.15, -0.1) is 5.10 Å². The SMILES string of the molecule is CCN(C(=O)OC(C)(C)C)C1CCN(c2ccc(C(=O)OC)c3nnccc23)CC1. The summed E-state index contributed by atoms with van der Waals surface area (Å²) in [6.45, 7) is 9.83. The molecule has 1 aromatic carbocycles. The molecule has 0 radical (unpaired) electrons. The molecule has 8 nitrogen and oxygen atoms in total. The van der Waals surface area contributed by atoms with Crippen molar-refractivity contribution in [3.8, 4) is 0 Å². The zero-order chi connectivity index (χ0) is 21.9. The van der Waals surface area contributed by atoms with Crippen molar-refractivity contribution in [2.45, 2.75) is 52.2 Å². The molecule has 8 heteroatoms. The molecule has 1 aromatic heterocycles. The van der Waals surface area contributed by atoms with Crippen LogP contribution in [0.5, 0.6) is 0 Å². The maximum Gasteiger partial charge on any atom is 0.410 e. The number of benzene rings is 1. The molecule has 3 rings (SSSR count). The summed E-state index contributed by atoms with van der Waals surface area (Å²) in [6, 6.07) is 5.68. The summed E-state index contributed by atoms with van der Waals surface area (Å²) in [6.07, 6.45) is 3.05. The number of hydrogen-bond acceptors (Lipinski definition) is 7. The predicted octanol–water partition coefficient (Wildman–Crippen LogP) is 3.64. The summed E-state index contributed by atoms with van der Waals surface area (Å²) in [5.74, 6) is -0.429. The van der Waals surface area contributed by atoms with E-state index >= 15 is 0 Å². The van der Waals surface area contributed by atoms with E-state index in [9.17, 15) is 9.59 Å². The van der Waals surface area contributed by atoms with Gasteiger partial charge < -0.3 is 19.3 Å². The largest absolute Gasteiger partial charge is 0.465 e. The summed E-state index contributed by atoms with van der Waals surface area (Å²) in [5.41, 5.74) is 1.44. The molecule has 2 aromatic rings. The summed E-state index contributed by atoms with van der Waals surface area (Å²) < 4.78 is 10.4. The van der Waals surface area contributed by atoms with Gasteiger partial charge in [0, 0.05) is 36.7 Å². The van der Waals surface area contributed by atoms with Crippen molar-refractivity contribution in [2.24, 2.45) is 0 Å². The van der Waals surface area contributed by atoms with Crippen LogP contribution >= 0.6 is 0 Å². The van der Waals surface area contributed by atoms with E-state index in [4.69, 9.17) is 9.47 Å². The first-order valence-corrected chi connectivity index (χ1v) is 10.3. The second-order valence-electron chi connectivity index (χ2n) is 8.40. The van der Waals surface area contributed by atoms with Crippen molar-refractivity contribution in [2.75, 3.05) is 31.6 Å². The quantitative estimate of drug-likeness (QED) is 0.706. The lowest BCUT2D eigenvalue weighted by Crippen LogP contribution is -2.48. The predicted molar refractivity (Wildman–Crippen MR) is 115 cm³/mol. The van der Waals surface area contributed by atoms with Gasteiger partial charge in [-0.3, -0.25) is 0 Å². The number of methoxy groups -OCH3 is 1. The Hall–Kier alpha value is -2.90. The molecular formula is C22H30N4O4. The molecule has 0 bridgehead atoms. The van der Waals surface area contributed by atoms with Crippen molar-refractivity contribution in [3.05, 3.63) is 30.0 Å². The Morgan fingerprint density at radius 2 is 1.90 bits per heavy atom. The first kappa shape index (κ1) is 21.8. The number of hydrogen-bond donors (Lipinski definition) is 0. The van der Waals surface area contributed by atoms with E-state index in [2.05, 4.69) is 15.1 Å². The summed E-state index contributed by atoms with van der Waals surface area (Å²) in [7, 11) is 1.35. The van der Waals surface area contributed by atoms with Crippen LogP contribution in [0, 0.1) is 0 Å². The second kappa shape index (κ2) is 8.85. The number of rotatable bonds is 4. The minimum atomic E-state index is -0.507. The van der Waals surface area contributed by atoms with Gasteiger partial charge in [0.1, 0.15) is 11.1 Å². The summed E-state index contributed by atoms with van der Waals surface area (Å²) >= 11 is 0. The third-order valence-electron chi connectivity index (χ3n) is 5.28. The Balaban J connectivity index is 1.77. The molecule has 1 saturated heterocycles. The maximum absolute atomic E-state index is 12.6. The number of fused-ring (bicyclic) bond motifs is 1. The zero-order valence-corrected chi connectivity index (χ0v) is 18.3. The molecule has 1 aliphatic rings. The topological polar surface area (TPSA) is 84.9 Å². The molecule has 1 fully saturated rings. The molecule has 162 valence electrons. The third-order valence-corrected chi connectivity index (χ3v) is 5.28. The van der Waals surface area contributed by atoms with Crippen LogP contribution in [0.2, 0.25) is 0 Å². The summed E-state index contributed by atoms with van der Waals surface area (Å²) in [4.78, 5) is 28.7. The molecular weight excluding hydrogens is 384 g/mol. The van der Waals surface area contributed by atoms with Crippen LogP contribution in [0.25, 0.3) is 10.9 Å². The van der Waals surface area contributed by atoms with Gasteiger partial charge in [0.15, 0.2) is 0 Å². The Kier molecular flexibility index (Phi) is 6.43. The zero-order valence-electron chi connectivity index (χ0n) is 18.3. The maximum atomic E-state index is 12.6. The van der Waals surface area contributed by atoms with Crippen molar-refractivity contribution >= 4 is 28.7 Å². The molecule has 1 amide bonds. The van der Waals surface area contributed by atoms with Crippen LogP contribution in [0.15, 0.2) is 24.4 Å². The number of amides is 1. The normalized spacial score (nSPS) is 15.2. The number of piperidine rings is 1. The number of nitrogens with zero attached hydrogens (tertiary/aromatic N) is 4. The van der Waals surface area contributed by atoms with Gasteiger partial charge in [-0.25, -0.2) is 9.59 Å². The Labute approximate surface area is 177 Å². The van der Waals surface area contributed by atoms with Crippen LogP contribution in [-0.4, -0.2) is 65.5 Å². The fourth-order valence-electron chi connectivity index (χ4n) is 3.89. The van der Waals surface area contributed by atoms with Crippen molar-refractivity contribution in [1.29, 1.82) is 0 Å². The standard InChI is InChI=1S/C22H30N4O4/c1-6-26(21(28)30-22(2,3)4)15-10-13-25(14-11-15)18-8-7-17(20(27)29-5)19-16(18)9-12-23-24-19/h7-9,12,15H,6,10-11,13-14H2,1-5H3. The lowest BCUT2D eigenvalue weighted by atomic mass is 10.0. The number of anilines is 1. The van der Waals surface area contributed by atoms with E-state index in [1.54, 1.807) is 12.3 Å². The van der Waals surface area contributed by atoms with E-state index in [1.165, 1.54) is 7.11 Å². The minimum Gasteiger partial charge on any atom is -0.465 e. The third kappa shape index (κ3) is 4.63. The number of esters is 1. The van der Waals surface area contributed by atoms with Gasteiger partial charge in [0.05, 0.1) is 18.9 Å². The Morgan fingerprint density at radius 3 is 2.50 bits per heavy atom. The number of carbonyl (C=O) groups is 2. The monoisotopic (exact) mass is 414 g/mol. The molecule has 0 saturated carbocycles. The Bertz CT molecular complexity index is 917. The molecule has 0 aliphatic carbocycles. The van der Waals surface area contributed by atoms with Crippen LogP contribution in [0.4, 0.5) is 10.5 Å². The summed E-state index contributed by atoms with van der Waals surface area (Å²) in [5, 5.41) is 8.98. The molecule has 1 aliphatic heterocycles. The molecule has 30 heavy (non-hydrogen) atoms. The van der Waals surface area contributed by atoms with E-state index in [0.717, 1.165) is 37.0 Å². The highest BCUT2D eigenvalue weighted by Gasteiger charge is 2.30. The van der Waals surface area contributed by atoms with Crippen LogP contribution in [0.1, 0.15) is 50.9 Å². The molecule has 0 atom stereocenters. The smallest absolute Gasteiger partial charge is 0.410 e. The van der Waals surface area contributed by atoms with Crippen LogP contribution in [0.3, 0.4) is 0 Å². The Morgan fingerprint density at radius 1 is 1.20 bits per heavy atom. The highest BCUT2D eigenvalue weighted by Crippen LogP contribution is 2.31. The van der Waals surface area contributed by atoms with Gasteiger partial charge in [0.25, 0.3) is 0 Å².